The Morgan fingerprint density at radius 1 is 0.955 bits per heavy atom. The molecule has 1 N–H and O–H groups in total. The molecule has 4 rings (SSSR count). The molecule has 4 heteroatoms. The van der Waals surface area contributed by atoms with Crippen molar-refractivity contribution >= 4 is 45.4 Å². The van der Waals surface area contributed by atoms with Gasteiger partial charge < -0.3 is 5.32 Å². The van der Waals surface area contributed by atoms with Crippen molar-refractivity contribution in [2.24, 2.45) is 4.99 Å². The van der Waals surface area contributed by atoms with Crippen LogP contribution in [0.1, 0.15) is 5.56 Å². The number of rotatable bonds is 1. The Bertz CT molecular complexity index is 941. The first-order valence-electron chi connectivity index (χ1n) is 6.90. The second-order valence-electron chi connectivity index (χ2n) is 5.10. The highest BCUT2D eigenvalue weighted by Gasteiger charge is 2.26. The van der Waals surface area contributed by atoms with Crippen molar-refractivity contribution in [1.29, 1.82) is 0 Å². The van der Waals surface area contributed by atoms with Gasteiger partial charge in [0.15, 0.2) is 0 Å². The van der Waals surface area contributed by atoms with Crippen LogP contribution < -0.4 is 5.32 Å². The van der Waals surface area contributed by atoms with Crippen molar-refractivity contribution in [3.63, 3.8) is 0 Å². The number of nitrogens with one attached hydrogen (secondary N) is 1. The molecule has 1 aliphatic rings. The SMILES string of the molecule is O=C1Nc2ccc(Cl)cc2C1=Nc1cccc2ccccc12. The third-order valence-electron chi connectivity index (χ3n) is 3.70. The van der Waals surface area contributed by atoms with Crippen LogP contribution in [0.15, 0.2) is 65.7 Å². The Morgan fingerprint density at radius 2 is 1.77 bits per heavy atom. The van der Waals surface area contributed by atoms with Crippen molar-refractivity contribution < 1.29 is 4.79 Å². The third-order valence-corrected chi connectivity index (χ3v) is 3.93. The van der Waals surface area contributed by atoms with E-state index < -0.39 is 0 Å². The van der Waals surface area contributed by atoms with Crippen LogP contribution in [0.4, 0.5) is 11.4 Å². The lowest BCUT2D eigenvalue weighted by Gasteiger charge is -2.03. The lowest BCUT2D eigenvalue weighted by molar-refractivity contribution is -0.110. The van der Waals surface area contributed by atoms with Gasteiger partial charge in [-0.25, -0.2) is 4.99 Å². The number of hydrogen-bond acceptors (Lipinski definition) is 2. The van der Waals surface area contributed by atoms with E-state index in [1.807, 2.05) is 42.5 Å². The van der Waals surface area contributed by atoms with Gasteiger partial charge in [0.05, 0.1) is 11.4 Å². The van der Waals surface area contributed by atoms with Gasteiger partial charge in [0, 0.05) is 16.0 Å². The normalized spacial score (nSPS) is 15.1. The molecule has 0 fully saturated rings. The van der Waals surface area contributed by atoms with Gasteiger partial charge in [-0.1, -0.05) is 48.0 Å². The molecule has 0 aromatic heterocycles. The molecule has 3 aromatic carbocycles. The fourth-order valence-electron chi connectivity index (χ4n) is 2.66. The maximum atomic E-state index is 12.2. The van der Waals surface area contributed by atoms with Crippen LogP contribution in [-0.4, -0.2) is 11.6 Å². The van der Waals surface area contributed by atoms with Crippen LogP contribution in [-0.2, 0) is 4.79 Å². The highest BCUT2D eigenvalue weighted by Crippen LogP contribution is 2.31. The zero-order chi connectivity index (χ0) is 15.1. The fourth-order valence-corrected chi connectivity index (χ4v) is 2.83. The van der Waals surface area contributed by atoms with Crippen molar-refractivity contribution in [1.82, 2.24) is 0 Å². The van der Waals surface area contributed by atoms with E-state index in [1.165, 1.54) is 0 Å². The molecule has 0 atom stereocenters. The maximum absolute atomic E-state index is 12.2. The molecule has 0 radical (unpaired) electrons. The summed E-state index contributed by atoms with van der Waals surface area (Å²) in [4.78, 5) is 16.8. The summed E-state index contributed by atoms with van der Waals surface area (Å²) in [7, 11) is 0. The van der Waals surface area contributed by atoms with Gasteiger partial charge >= 0.3 is 0 Å². The molecule has 0 saturated heterocycles. The summed E-state index contributed by atoms with van der Waals surface area (Å²) >= 11 is 6.04. The molecule has 106 valence electrons. The number of carbonyl (C=O) groups is 1. The van der Waals surface area contributed by atoms with E-state index in [2.05, 4.69) is 10.3 Å². The van der Waals surface area contributed by atoms with Crippen molar-refractivity contribution in [3.05, 3.63) is 71.2 Å². The summed E-state index contributed by atoms with van der Waals surface area (Å²) in [5.41, 5.74) is 2.66. The number of fused-ring (bicyclic) bond motifs is 2. The molecule has 22 heavy (non-hydrogen) atoms. The van der Waals surface area contributed by atoms with Crippen molar-refractivity contribution in [2.75, 3.05) is 5.32 Å². The Kier molecular flexibility index (Phi) is 2.94. The molecular formula is C18H11ClN2O. The molecule has 0 bridgehead atoms. The van der Waals surface area contributed by atoms with Gasteiger partial charge in [0.2, 0.25) is 0 Å². The topological polar surface area (TPSA) is 41.5 Å². The number of halogens is 1. The number of anilines is 1. The van der Waals surface area contributed by atoms with Gasteiger partial charge in [-0.15, -0.1) is 0 Å². The number of carbonyl (C=O) groups excluding carboxylic acids is 1. The third kappa shape index (κ3) is 2.07. The van der Waals surface area contributed by atoms with E-state index in [-0.39, 0.29) is 5.91 Å². The van der Waals surface area contributed by atoms with E-state index in [1.54, 1.807) is 18.2 Å². The van der Waals surface area contributed by atoms with Crippen molar-refractivity contribution in [3.8, 4) is 0 Å². The molecular weight excluding hydrogens is 296 g/mol. The zero-order valence-corrected chi connectivity index (χ0v) is 12.3. The average molecular weight is 307 g/mol. The molecule has 3 nitrogen and oxygen atoms in total. The summed E-state index contributed by atoms with van der Waals surface area (Å²) in [5, 5.41) is 5.51. The molecule has 0 unspecified atom stereocenters. The van der Waals surface area contributed by atoms with Crippen LogP contribution in [0.5, 0.6) is 0 Å². The average Bonchev–Trinajstić information content (AvgIpc) is 2.83. The van der Waals surface area contributed by atoms with Crippen LogP contribution >= 0.6 is 11.6 Å². The Balaban J connectivity index is 1.93. The Morgan fingerprint density at radius 3 is 2.68 bits per heavy atom. The summed E-state index contributed by atoms with van der Waals surface area (Å²) in [6, 6.07) is 19.2. The van der Waals surface area contributed by atoms with Crippen LogP contribution in [0.25, 0.3) is 10.8 Å². The summed E-state index contributed by atoms with van der Waals surface area (Å²) < 4.78 is 0. The Labute approximate surface area is 132 Å². The molecule has 1 heterocycles. The largest absolute Gasteiger partial charge is 0.320 e. The number of benzene rings is 3. The number of amides is 1. The molecule has 0 spiro atoms. The van der Waals surface area contributed by atoms with Gasteiger partial charge in [0.25, 0.3) is 5.91 Å². The lowest BCUT2D eigenvalue weighted by Crippen LogP contribution is -2.13. The predicted octanol–water partition coefficient (Wildman–Crippen LogP) is 4.57. The summed E-state index contributed by atoms with van der Waals surface area (Å²) in [6.07, 6.45) is 0. The van der Waals surface area contributed by atoms with Crippen LogP contribution in [0, 0.1) is 0 Å². The number of nitrogens with zero attached hydrogens (tertiary/aromatic N) is 1. The summed E-state index contributed by atoms with van der Waals surface area (Å²) in [6.45, 7) is 0. The molecule has 3 aromatic rings. The minimum absolute atomic E-state index is 0.204. The number of hydrogen-bond donors (Lipinski definition) is 1. The van der Waals surface area contributed by atoms with E-state index in [0.29, 0.717) is 10.7 Å². The van der Waals surface area contributed by atoms with E-state index in [4.69, 9.17) is 11.6 Å². The summed E-state index contributed by atoms with van der Waals surface area (Å²) in [5.74, 6) is -0.204. The molecule has 1 aliphatic heterocycles. The van der Waals surface area contributed by atoms with Crippen molar-refractivity contribution in [2.45, 2.75) is 0 Å². The maximum Gasteiger partial charge on any atom is 0.275 e. The van der Waals surface area contributed by atoms with E-state index >= 15 is 0 Å². The zero-order valence-electron chi connectivity index (χ0n) is 11.5. The minimum atomic E-state index is -0.204. The predicted molar refractivity (Wildman–Crippen MR) is 90.2 cm³/mol. The van der Waals surface area contributed by atoms with Crippen LogP contribution in [0.2, 0.25) is 5.02 Å². The lowest BCUT2D eigenvalue weighted by atomic mass is 10.1. The molecule has 0 saturated carbocycles. The van der Waals surface area contributed by atoms with E-state index in [9.17, 15) is 4.79 Å². The second kappa shape index (κ2) is 4.97. The van der Waals surface area contributed by atoms with Gasteiger partial charge in [-0.2, -0.15) is 0 Å². The fraction of sp³-hybridized carbons (Fsp3) is 0. The first-order chi connectivity index (χ1) is 10.7. The first-order valence-corrected chi connectivity index (χ1v) is 7.28. The molecule has 0 aliphatic carbocycles. The smallest absolute Gasteiger partial charge is 0.275 e. The highest BCUT2D eigenvalue weighted by atomic mass is 35.5. The molecule has 1 amide bonds. The van der Waals surface area contributed by atoms with Crippen LogP contribution in [0.3, 0.4) is 0 Å². The standard InChI is InChI=1S/C18H11ClN2O/c19-12-8-9-16-14(10-12)17(18(22)21-16)20-15-7-3-5-11-4-1-2-6-13(11)15/h1-10H,(H,20,21,22). The first kappa shape index (κ1) is 13.0. The highest BCUT2D eigenvalue weighted by molar-refractivity contribution is 6.54. The minimum Gasteiger partial charge on any atom is -0.320 e. The van der Waals surface area contributed by atoms with Gasteiger partial charge in [-0.3, -0.25) is 4.79 Å². The number of aliphatic imine (C=N–C) groups is 1. The van der Waals surface area contributed by atoms with Gasteiger partial charge in [0.1, 0.15) is 5.71 Å². The second-order valence-corrected chi connectivity index (χ2v) is 5.54. The quantitative estimate of drug-likeness (QED) is 0.703. The van der Waals surface area contributed by atoms with Gasteiger partial charge in [-0.05, 0) is 29.7 Å². The van der Waals surface area contributed by atoms with E-state index in [0.717, 1.165) is 27.7 Å². The Hall–Kier alpha value is -2.65. The monoisotopic (exact) mass is 306 g/mol.